The van der Waals surface area contributed by atoms with Crippen LogP contribution >= 0.6 is 7.82 Å². The van der Waals surface area contributed by atoms with Gasteiger partial charge >= 0.3 is 19.8 Å². The van der Waals surface area contributed by atoms with Crippen molar-refractivity contribution < 1.29 is 47.8 Å². The molecule has 0 aromatic heterocycles. The van der Waals surface area contributed by atoms with Gasteiger partial charge in [0, 0.05) is 12.8 Å². The lowest BCUT2D eigenvalue weighted by Crippen LogP contribution is -2.43. The number of carbonyl (C=O) groups is 3. The number of ether oxygens (including phenoxy) is 1. The number of carboxylic acid groups (broad SMARTS) is 1. The molecule has 0 fully saturated rings. The van der Waals surface area contributed by atoms with Crippen LogP contribution in [0.4, 0.5) is 0 Å². The van der Waals surface area contributed by atoms with E-state index in [9.17, 15) is 34.1 Å². The number of aliphatic carboxylic acids is 1. The molecule has 0 saturated carbocycles. The van der Waals surface area contributed by atoms with Crippen LogP contribution in [0.1, 0.15) is 168 Å². The van der Waals surface area contributed by atoms with Crippen LogP contribution in [-0.4, -0.2) is 64.9 Å². The first-order valence-corrected chi connectivity index (χ1v) is 26.1. The second-order valence-corrected chi connectivity index (χ2v) is 17.4. The lowest BCUT2D eigenvalue weighted by molar-refractivity contribution is -0.147. The van der Waals surface area contributed by atoms with Crippen molar-refractivity contribution >= 4 is 25.7 Å². The molecule has 0 aliphatic carbocycles. The van der Waals surface area contributed by atoms with Crippen LogP contribution in [0.2, 0.25) is 0 Å². The van der Waals surface area contributed by atoms with Gasteiger partial charge in [-0.15, -0.1) is 0 Å². The molecule has 0 aliphatic rings. The van der Waals surface area contributed by atoms with Gasteiger partial charge in [-0.05, 0) is 109 Å². The van der Waals surface area contributed by atoms with E-state index < -0.39 is 57.6 Å². The molecule has 0 aromatic rings. The number of phosphoric ester groups is 1. The molecule has 11 nitrogen and oxygen atoms in total. The molecule has 0 heterocycles. The van der Waals surface area contributed by atoms with Crippen LogP contribution in [0.25, 0.3) is 0 Å². The topological polar surface area (TPSA) is 169 Å². The second-order valence-electron chi connectivity index (χ2n) is 15.9. The van der Waals surface area contributed by atoms with Crippen molar-refractivity contribution in [2.24, 2.45) is 0 Å². The molecule has 0 radical (unpaired) electrons. The Hall–Kier alpha value is -4.12. The van der Waals surface area contributed by atoms with E-state index in [1.54, 1.807) is 0 Å². The third-order valence-corrected chi connectivity index (χ3v) is 10.7. The number of hydrogen-bond acceptors (Lipinski definition) is 8. The van der Waals surface area contributed by atoms with Gasteiger partial charge in [0.1, 0.15) is 12.7 Å². The zero-order valence-electron chi connectivity index (χ0n) is 40.4. The van der Waals surface area contributed by atoms with E-state index in [4.69, 9.17) is 13.8 Å². The summed E-state index contributed by atoms with van der Waals surface area (Å²) in [6, 6.07) is -1.58. The molecular formula is C54H86NO10P. The third kappa shape index (κ3) is 46.4. The van der Waals surface area contributed by atoms with Crippen molar-refractivity contribution in [3.05, 3.63) is 122 Å². The van der Waals surface area contributed by atoms with Gasteiger partial charge in [-0.2, -0.15) is 0 Å². The number of phosphoric acid groups is 1. The minimum Gasteiger partial charge on any atom is -0.480 e. The number of unbranched alkanes of at least 4 members (excludes halogenated alkanes) is 10. The maximum absolute atomic E-state index is 12.3. The maximum atomic E-state index is 12.3. The molecule has 3 atom stereocenters. The average Bonchev–Trinajstić information content (AvgIpc) is 3.29. The molecule has 1 amide bonds. The number of allylic oxidation sites excluding steroid dienone is 20. The summed E-state index contributed by atoms with van der Waals surface area (Å²) in [7, 11) is -4.79. The highest BCUT2D eigenvalue weighted by Crippen LogP contribution is 2.43. The van der Waals surface area contributed by atoms with Crippen LogP contribution in [-0.2, 0) is 32.7 Å². The monoisotopic (exact) mass is 940 g/mol. The van der Waals surface area contributed by atoms with Gasteiger partial charge in [-0.1, -0.05) is 167 Å². The third-order valence-electron chi connectivity index (χ3n) is 9.73. The molecule has 372 valence electrons. The molecule has 0 spiro atoms. The summed E-state index contributed by atoms with van der Waals surface area (Å²) in [5.74, 6) is -2.46. The number of carbonyl (C=O) groups excluding carboxylic acids is 2. The van der Waals surface area contributed by atoms with Gasteiger partial charge in [0.2, 0.25) is 5.91 Å². The number of amides is 1. The standard InChI is InChI=1S/C54H86NO10P/c1-3-5-7-9-11-13-15-17-19-21-23-24-25-26-28-30-32-34-36-38-40-42-44-46-53(58)63-47-50(56)48-64-66(61,62)65-49-51(54(59)60)55-52(57)45-43-41-39-37-35-33-31-29-27-22-20-18-16-14-12-10-8-6-4-2/h5,7,11-14,17-20,23-24,26-29,32-35,50-51,56H,3-4,6,8-10,15-16,21-22,25,30-31,36-49H2,1-2H3,(H,55,57)(H,59,60)(H,61,62)/b7-5-,13-11-,14-12-,19-17-,20-18-,24-23-,28-26-,29-27-,34-32-,35-33-. The summed E-state index contributed by atoms with van der Waals surface area (Å²) in [6.45, 7) is 2.39. The van der Waals surface area contributed by atoms with Crippen molar-refractivity contribution in [1.82, 2.24) is 5.32 Å². The Balaban J connectivity index is 3.98. The summed E-state index contributed by atoms with van der Waals surface area (Å²) in [5.41, 5.74) is 0. The highest BCUT2D eigenvalue weighted by atomic mass is 31.2. The smallest absolute Gasteiger partial charge is 0.472 e. The number of hydrogen-bond donors (Lipinski definition) is 4. The summed E-state index contributed by atoms with van der Waals surface area (Å²) in [4.78, 5) is 46.1. The maximum Gasteiger partial charge on any atom is 0.472 e. The summed E-state index contributed by atoms with van der Waals surface area (Å²) >= 11 is 0. The number of carboxylic acids is 1. The number of rotatable bonds is 44. The van der Waals surface area contributed by atoms with E-state index in [2.05, 4.69) is 141 Å². The van der Waals surface area contributed by atoms with Gasteiger partial charge < -0.3 is 25.2 Å². The lowest BCUT2D eigenvalue weighted by Gasteiger charge is -2.18. The molecule has 0 aliphatic heterocycles. The predicted octanol–water partition coefficient (Wildman–Crippen LogP) is 13.6. The van der Waals surface area contributed by atoms with Gasteiger partial charge in [-0.3, -0.25) is 18.6 Å². The Morgan fingerprint density at radius 1 is 0.500 bits per heavy atom. The van der Waals surface area contributed by atoms with Crippen molar-refractivity contribution in [1.29, 1.82) is 0 Å². The quantitative estimate of drug-likeness (QED) is 0.0200. The number of aliphatic hydroxyl groups is 1. The summed E-state index contributed by atoms with van der Waals surface area (Å²) < 4.78 is 26.9. The average molecular weight is 940 g/mol. The molecular weight excluding hydrogens is 854 g/mol. The van der Waals surface area contributed by atoms with Crippen molar-refractivity contribution in [2.75, 3.05) is 19.8 Å². The predicted molar refractivity (Wildman–Crippen MR) is 272 cm³/mol. The van der Waals surface area contributed by atoms with E-state index in [0.29, 0.717) is 12.8 Å². The van der Waals surface area contributed by atoms with Gasteiger partial charge in [0.05, 0.1) is 13.2 Å². The fraction of sp³-hybridized carbons (Fsp3) is 0.574. The van der Waals surface area contributed by atoms with E-state index in [0.717, 1.165) is 109 Å². The Labute approximate surface area is 398 Å². The summed E-state index contributed by atoms with van der Waals surface area (Å²) in [5, 5.41) is 21.9. The fourth-order valence-electron chi connectivity index (χ4n) is 5.95. The van der Waals surface area contributed by atoms with Crippen LogP contribution in [0.3, 0.4) is 0 Å². The van der Waals surface area contributed by atoms with Crippen molar-refractivity contribution in [2.45, 2.75) is 180 Å². The molecule has 12 heteroatoms. The Morgan fingerprint density at radius 3 is 1.32 bits per heavy atom. The van der Waals surface area contributed by atoms with E-state index >= 15 is 0 Å². The first kappa shape index (κ1) is 61.9. The highest BCUT2D eigenvalue weighted by molar-refractivity contribution is 7.47. The summed E-state index contributed by atoms with van der Waals surface area (Å²) in [6.07, 6.45) is 63.6. The zero-order chi connectivity index (χ0) is 48.4. The lowest BCUT2D eigenvalue weighted by atomic mass is 10.1. The highest BCUT2D eigenvalue weighted by Gasteiger charge is 2.28. The van der Waals surface area contributed by atoms with Crippen LogP contribution in [0, 0.1) is 0 Å². The molecule has 66 heavy (non-hydrogen) atoms. The Bertz CT molecular complexity index is 1570. The molecule has 0 aromatic carbocycles. The van der Waals surface area contributed by atoms with Crippen molar-refractivity contribution in [3.63, 3.8) is 0 Å². The van der Waals surface area contributed by atoms with Gasteiger partial charge in [-0.25, -0.2) is 9.36 Å². The normalized spacial score (nSPS) is 14.6. The molecule has 3 unspecified atom stereocenters. The molecule has 0 saturated heterocycles. The Kier molecular flexibility index (Phi) is 44.4. The molecule has 4 N–H and O–H groups in total. The Morgan fingerprint density at radius 2 is 0.879 bits per heavy atom. The van der Waals surface area contributed by atoms with Crippen molar-refractivity contribution in [3.8, 4) is 0 Å². The van der Waals surface area contributed by atoms with Crippen LogP contribution < -0.4 is 5.32 Å². The molecule has 0 bridgehead atoms. The SMILES string of the molecule is CC/C=C\C/C=C\C/C=C\C/C=C\C/C=C\C/C=C\CCCCCCC(=O)OCC(O)COP(=O)(O)OCC(NC(=O)CCCCC/C=C\C/C=C\C/C=C\C/C=C\CCCCC)C(=O)O. The number of esters is 1. The first-order valence-electron chi connectivity index (χ1n) is 24.6. The van der Waals surface area contributed by atoms with Crippen LogP contribution in [0.5, 0.6) is 0 Å². The van der Waals surface area contributed by atoms with Gasteiger partial charge in [0.15, 0.2) is 6.04 Å². The first-order chi connectivity index (χ1) is 32.1. The van der Waals surface area contributed by atoms with E-state index in [-0.39, 0.29) is 12.8 Å². The van der Waals surface area contributed by atoms with Crippen LogP contribution in [0.15, 0.2) is 122 Å². The minimum absolute atomic E-state index is 0.0989. The fourth-order valence-corrected chi connectivity index (χ4v) is 6.72. The number of nitrogens with one attached hydrogen (secondary N) is 1. The van der Waals surface area contributed by atoms with E-state index in [1.807, 2.05) is 0 Å². The number of aliphatic hydroxyl groups excluding tert-OH is 1. The zero-order valence-corrected chi connectivity index (χ0v) is 41.3. The van der Waals surface area contributed by atoms with Gasteiger partial charge in [0.25, 0.3) is 0 Å². The second kappa shape index (κ2) is 47.4. The largest absolute Gasteiger partial charge is 0.480 e. The molecule has 0 rings (SSSR count). The van der Waals surface area contributed by atoms with E-state index in [1.165, 1.54) is 19.3 Å². The minimum atomic E-state index is -4.79.